The van der Waals surface area contributed by atoms with Gasteiger partial charge in [0.2, 0.25) is 0 Å². The lowest BCUT2D eigenvalue weighted by atomic mass is 9.90. The van der Waals surface area contributed by atoms with Gasteiger partial charge in [-0.2, -0.15) is 18.4 Å². The van der Waals surface area contributed by atoms with Gasteiger partial charge >= 0.3 is 6.18 Å². The number of hydrogen-bond acceptors (Lipinski definition) is 5. The molecule has 0 saturated heterocycles. The van der Waals surface area contributed by atoms with E-state index in [1.165, 1.54) is 11.0 Å². The largest absolute Gasteiger partial charge is 0.416 e. The van der Waals surface area contributed by atoms with Gasteiger partial charge in [0.25, 0.3) is 11.5 Å². The van der Waals surface area contributed by atoms with Gasteiger partial charge in [0, 0.05) is 6.54 Å². The van der Waals surface area contributed by atoms with Crippen LogP contribution in [0.15, 0.2) is 77.6 Å². The summed E-state index contributed by atoms with van der Waals surface area (Å²) in [7, 11) is 0. The SMILES string of the molecule is N#Cc1ccccc1-c1cccc(C2(c3nc4c(c(=O)[nH]3)CN(C(=O)[C@H](O)c3cccc(C(F)(F)F)c3)CCC4)CC2)c1. The second-order valence-electron chi connectivity index (χ2n) is 11.0. The minimum absolute atomic E-state index is 0.111. The molecule has 1 amide bonds. The fraction of sp³-hybridized carbons (Fsp3) is 0.273. The van der Waals surface area contributed by atoms with E-state index < -0.39 is 29.2 Å². The molecular weight excluding hydrogens is 557 g/mol. The maximum absolute atomic E-state index is 13.4. The molecular formula is C33H27F3N4O3. The van der Waals surface area contributed by atoms with Crippen molar-refractivity contribution < 1.29 is 23.1 Å². The number of nitrogens with zero attached hydrogens (tertiary/aromatic N) is 3. The zero-order valence-corrected chi connectivity index (χ0v) is 23.0. The van der Waals surface area contributed by atoms with Gasteiger partial charge in [0.1, 0.15) is 5.82 Å². The normalized spacial score (nSPS) is 16.5. The van der Waals surface area contributed by atoms with Crippen LogP contribution in [0, 0.1) is 11.3 Å². The van der Waals surface area contributed by atoms with Crippen molar-refractivity contribution in [3.63, 3.8) is 0 Å². The predicted octanol–water partition coefficient (Wildman–Crippen LogP) is 5.42. The molecule has 2 aliphatic rings. The fourth-order valence-corrected chi connectivity index (χ4v) is 5.84. The molecule has 2 heterocycles. The molecule has 43 heavy (non-hydrogen) atoms. The van der Waals surface area contributed by atoms with Gasteiger partial charge < -0.3 is 15.0 Å². The Morgan fingerprint density at radius 2 is 1.84 bits per heavy atom. The summed E-state index contributed by atoms with van der Waals surface area (Å²) in [5.74, 6) is -0.227. The average Bonchev–Trinajstić information content (AvgIpc) is 3.85. The Kier molecular flexibility index (Phi) is 7.14. The summed E-state index contributed by atoms with van der Waals surface area (Å²) in [5.41, 5.74) is 2.15. The number of carbonyl (C=O) groups excluding carboxylic acids is 1. The summed E-state index contributed by atoms with van der Waals surface area (Å²) in [6.07, 6.45) is -3.95. The number of nitrogens with one attached hydrogen (secondary N) is 1. The molecule has 6 rings (SSSR count). The van der Waals surface area contributed by atoms with Gasteiger partial charge in [-0.3, -0.25) is 9.59 Å². The van der Waals surface area contributed by atoms with Crippen LogP contribution in [0.1, 0.15) is 64.7 Å². The van der Waals surface area contributed by atoms with E-state index in [-0.39, 0.29) is 24.2 Å². The molecule has 1 fully saturated rings. The third-order valence-corrected chi connectivity index (χ3v) is 8.34. The van der Waals surface area contributed by atoms with Gasteiger partial charge in [-0.05, 0) is 66.1 Å². The zero-order valence-electron chi connectivity index (χ0n) is 23.0. The van der Waals surface area contributed by atoms with Crippen molar-refractivity contribution in [2.45, 2.75) is 49.9 Å². The topological polar surface area (TPSA) is 110 Å². The molecule has 218 valence electrons. The van der Waals surface area contributed by atoms with Crippen molar-refractivity contribution in [1.82, 2.24) is 14.9 Å². The Balaban J connectivity index is 1.28. The Hall–Kier alpha value is -4.75. The van der Waals surface area contributed by atoms with Crippen LogP contribution in [-0.2, 0) is 29.4 Å². The lowest BCUT2D eigenvalue weighted by Gasteiger charge is -2.24. The summed E-state index contributed by atoms with van der Waals surface area (Å²) < 4.78 is 39.5. The van der Waals surface area contributed by atoms with Crippen LogP contribution in [-0.4, -0.2) is 32.4 Å². The van der Waals surface area contributed by atoms with Crippen molar-refractivity contribution in [3.8, 4) is 17.2 Å². The van der Waals surface area contributed by atoms with E-state index in [9.17, 15) is 33.1 Å². The monoisotopic (exact) mass is 584 g/mol. The van der Waals surface area contributed by atoms with Crippen molar-refractivity contribution in [1.29, 1.82) is 5.26 Å². The lowest BCUT2D eigenvalue weighted by Crippen LogP contribution is -2.36. The van der Waals surface area contributed by atoms with Crippen LogP contribution in [0.2, 0.25) is 0 Å². The fourth-order valence-electron chi connectivity index (χ4n) is 5.84. The van der Waals surface area contributed by atoms with E-state index in [0.717, 1.165) is 47.7 Å². The maximum Gasteiger partial charge on any atom is 0.416 e. The number of aliphatic hydroxyl groups is 1. The number of aliphatic hydroxyl groups excluding tert-OH is 1. The van der Waals surface area contributed by atoms with Crippen molar-refractivity contribution in [3.05, 3.63) is 122 Å². The van der Waals surface area contributed by atoms with E-state index >= 15 is 0 Å². The molecule has 7 nitrogen and oxygen atoms in total. The van der Waals surface area contributed by atoms with Crippen LogP contribution in [0.4, 0.5) is 13.2 Å². The maximum atomic E-state index is 13.4. The van der Waals surface area contributed by atoms with E-state index in [1.54, 1.807) is 6.07 Å². The van der Waals surface area contributed by atoms with E-state index in [1.807, 2.05) is 42.5 Å². The number of aromatic amines is 1. The van der Waals surface area contributed by atoms with Crippen molar-refractivity contribution in [2.24, 2.45) is 0 Å². The molecule has 0 unspecified atom stereocenters. The number of carbonyl (C=O) groups is 1. The van der Waals surface area contributed by atoms with Gasteiger partial charge in [-0.25, -0.2) is 4.98 Å². The van der Waals surface area contributed by atoms with Gasteiger partial charge in [0.05, 0.1) is 40.4 Å². The molecule has 4 aromatic rings. The highest BCUT2D eigenvalue weighted by atomic mass is 19.4. The molecule has 1 aliphatic carbocycles. The van der Waals surface area contributed by atoms with Crippen LogP contribution < -0.4 is 5.56 Å². The number of benzene rings is 3. The second kappa shape index (κ2) is 10.8. The number of amides is 1. The van der Waals surface area contributed by atoms with Crippen LogP contribution in [0.3, 0.4) is 0 Å². The standard InChI is InChI=1S/C33H27F3N4O3/c34-33(35,36)24-10-4-8-21(17-24)28(41)30(43)40-15-5-12-27-26(19-40)29(42)39-31(38-27)32(13-14-32)23-9-3-7-20(16-23)25-11-2-1-6-22(25)18-37/h1-4,6-11,16-17,28,41H,5,12-15,19H2,(H,38,39,42)/t28-/m1/s1. The smallest absolute Gasteiger partial charge is 0.378 e. The third-order valence-electron chi connectivity index (χ3n) is 8.34. The van der Waals surface area contributed by atoms with Gasteiger partial charge in [-0.1, -0.05) is 54.6 Å². The highest BCUT2D eigenvalue weighted by Crippen LogP contribution is 2.52. The summed E-state index contributed by atoms with van der Waals surface area (Å²) in [6, 6.07) is 21.6. The molecule has 10 heteroatoms. The Bertz CT molecular complexity index is 1820. The number of aromatic nitrogens is 2. The number of aryl methyl sites for hydroxylation is 1. The van der Waals surface area contributed by atoms with Gasteiger partial charge in [-0.15, -0.1) is 0 Å². The highest BCUT2D eigenvalue weighted by molar-refractivity contribution is 5.82. The first kappa shape index (κ1) is 28.4. The molecule has 1 aliphatic heterocycles. The van der Waals surface area contributed by atoms with Crippen molar-refractivity contribution >= 4 is 5.91 Å². The summed E-state index contributed by atoms with van der Waals surface area (Å²) in [4.78, 5) is 35.7. The van der Waals surface area contributed by atoms with Crippen LogP contribution in [0.5, 0.6) is 0 Å². The molecule has 2 N–H and O–H groups in total. The molecule has 1 atom stereocenters. The zero-order chi connectivity index (χ0) is 30.4. The number of alkyl halides is 3. The highest BCUT2D eigenvalue weighted by Gasteiger charge is 2.49. The number of fused-ring (bicyclic) bond motifs is 1. The average molecular weight is 585 g/mol. The minimum Gasteiger partial charge on any atom is -0.378 e. The Morgan fingerprint density at radius 3 is 2.58 bits per heavy atom. The molecule has 1 aromatic heterocycles. The van der Waals surface area contributed by atoms with Crippen molar-refractivity contribution in [2.75, 3.05) is 6.54 Å². The molecule has 0 spiro atoms. The van der Waals surface area contributed by atoms with Crippen LogP contribution >= 0.6 is 0 Å². The summed E-state index contributed by atoms with van der Waals surface area (Å²) >= 11 is 0. The Morgan fingerprint density at radius 1 is 1.07 bits per heavy atom. The number of rotatable bonds is 5. The van der Waals surface area contributed by atoms with Crippen LogP contribution in [0.25, 0.3) is 11.1 Å². The first-order chi connectivity index (χ1) is 20.6. The van der Waals surface area contributed by atoms with Gasteiger partial charge in [0.15, 0.2) is 6.10 Å². The van der Waals surface area contributed by atoms with E-state index in [2.05, 4.69) is 11.1 Å². The minimum atomic E-state index is -4.61. The number of nitriles is 1. The molecule has 3 aromatic carbocycles. The summed E-state index contributed by atoms with van der Waals surface area (Å²) in [6.45, 7) is 0.103. The third kappa shape index (κ3) is 5.32. The van der Waals surface area contributed by atoms with E-state index in [0.29, 0.717) is 35.5 Å². The van der Waals surface area contributed by atoms with E-state index in [4.69, 9.17) is 4.98 Å². The number of H-pyrrole nitrogens is 1. The summed E-state index contributed by atoms with van der Waals surface area (Å²) in [5, 5.41) is 20.3. The Labute approximate surface area is 245 Å². The molecule has 0 radical (unpaired) electrons. The quantitative estimate of drug-likeness (QED) is 0.326. The predicted molar refractivity (Wildman–Crippen MR) is 152 cm³/mol. The molecule has 1 saturated carbocycles. The first-order valence-electron chi connectivity index (χ1n) is 14.0. The lowest BCUT2D eigenvalue weighted by molar-refractivity contribution is -0.142. The molecule has 0 bridgehead atoms. The number of hydrogen-bond donors (Lipinski definition) is 2. The second-order valence-corrected chi connectivity index (χ2v) is 11.0. The first-order valence-corrected chi connectivity index (χ1v) is 14.0. The number of halogens is 3.